The fourth-order valence-electron chi connectivity index (χ4n) is 3.29. The second-order valence-electron chi connectivity index (χ2n) is 5.65. The van der Waals surface area contributed by atoms with Crippen LogP contribution in [-0.2, 0) is 9.53 Å². The van der Waals surface area contributed by atoms with E-state index in [9.17, 15) is 9.59 Å². The van der Waals surface area contributed by atoms with E-state index in [0.717, 1.165) is 22.3 Å². The summed E-state index contributed by atoms with van der Waals surface area (Å²) in [6.45, 7) is 1.84. The second-order valence-corrected chi connectivity index (χ2v) is 5.65. The minimum Gasteiger partial charge on any atom is -0.453 e. The molecule has 0 spiro atoms. The van der Waals surface area contributed by atoms with Gasteiger partial charge in [0.15, 0.2) is 0 Å². The van der Waals surface area contributed by atoms with Crippen LogP contribution >= 0.6 is 0 Å². The number of hydrogen-bond donors (Lipinski definition) is 0. The minimum atomic E-state index is -0.441. The van der Waals surface area contributed by atoms with Crippen LogP contribution in [0.3, 0.4) is 0 Å². The Morgan fingerprint density at radius 1 is 1.13 bits per heavy atom. The molecule has 1 aliphatic carbocycles. The zero-order valence-corrected chi connectivity index (χ0v) is 13.2. The van der Waals surface area contributed by atoms with E-state index >= 15 is 0 Å². The number of rotatable bonds is 4. The second kappa shape index (κ2) is 6.24. The maximum absolute atomic E-state index is 12.4. The molecule has 2 aromatic rings. The lowest BCUT2D eigenvalue weighted by Crippen LogP contribution is -2.41. The summed E-state index contributed by atoms with van der Waals surface area (Å²) in [4.78, 5) is 24.9. The Morgan fingerprint density at radius 2 is 1.65 bits per heavy atom. The summed E-state index contributed by atoms with van der Waals surface area (Å²) in [5, 5.41) is 0. The van der Waals surface area contributed by atoms with Crippen LogP contribution in [0.2, 0.25) is 0 Å². The van der Waals surface area contributed by atoms with Crippen molar-refractivity contribution in [3.05, 3.63) is 59.7 Å². The fraction of sp³-hybridized carbons (Fsp3) is 0.263. The highest BCUT2D eigenvalue weighted by Crippen LogP contribution is 2.47. The van der Waals surface area contributed by atoms with Gasteiger partial charge >= 0.3 is 6.09 Å². The highest BCUT2D eigenvalue weighted by atomic mass is 16.5. The maximum atomic E-state index is 12.4. The van der Waals surface area contributed by atoms with Crippen molar-refractivity contribution in [2.24, 2.45) is 0 Å². The molecule has 0 saturated heterocycles. The first-order valence-corrected chi connectivity index (χ1v) is 7.58. The lowest BCUT2D eigenvalue weighted by molar-refractivity contribution is 0.0958. The van der Waals surface area contributed by atoms with Crippen molar-refractivity contribution in [1.29, 1.82) is 0 Å². The third-order valence-corrected chi connectivity index (χ3v) is 4.32. The van der Waals surface area contributed by atoms with E-state index < -0.39 is 6.09 Å². The van der Waals surface area contributed by atoms with Crippen LogP contribution < -0.4 is 0 Å². The number of methoxy groups -OCH3 is 1. The standard InChI is InChI=1S/C19H18NO3/c1-13(11-12-21)20(19(22)23-2)18-16-9-5-3-7-14(16)15-8-4-6-10-17(15)18/h3-10,13,18H,11H2,1-2H3/t13-/m0/s1. The molecular weight excluding hydrogens is 290 g/mol. The molecule has 1 radical (unpaired) electrons. The molecule has 2 aromatic carbocycles. The molecule has 1 amide bonds. The molecule has 0 aromatic heterocycles. The molecule has 0 aliphatic heterocycles. The number of carbonyl (C=O) groups is 1. The first kappa shape index (κ1) is 15.3. The van der Waals surface area contributed by atoms with E-state index in [0.29, 0.717) is 0 Å². The van der Waals surface area contributed by atoms with Crippen LogP contribution in [0.1, 0.15) is 30.5 Å². The third kappa shape index (κ3) is 2.50. The predicted molar refractivity (Wildman–Crippen MR) is 87.7 cm³/mol. The van der Waals surface area contributed by atoms with Crippen LogP contribution in [-0.4, -0.2) is 30.4 Å². The quantitative estimate of drug-likeness (QED) is 0.865. The SMILES string of the molecule is COC(=O)N(C1c2ccccc2-c2ccccc21)[C@@H](C)C[C]=O. The van der Waals surface area contributed by atoms with Crippen LogP contribution in [0, 0.1) is 0 Å². The first-order valence-electron chi connectivity index (χ1n) is 7.58. The van der Waals surface area contributed by atoms with Crippen LogP contribution in [0.25, 0.3) is 11.1 Å². The lowest BCUT2D eigenvalue weighted by Gasteiger charge is -2.33. The molecule has 0 bridgehead atoms. The summed E-state index contributed by atoms with van der Waals surface area (Å²) in [6.07, 6.45) is 1.61. The Kier molecular flexibility index (Phi) is 4.15. The molecule has 3 rings (SSSR count). The molecule has 117 valence electrons. The van der Waals surface area contributed by atoms with Gasteiger partial charge in [0.25, 0.3) is 0 Å². The summed E-state index contributed by atoms with van der Waals surface area (Å²) in [6, 6.07) is 15.5. The highest BCUT2D eigenvalue weighted by Gasteiger charge is 2.37. The average Bonchev–Trinajstić information content (AvgIpc) is 2.90. The molecule has 4 nitrogen and oxygen atoms in total. The summed E-state index contributed by atoms with van der Waals surface area (Å²) in [5.41, 5.74) is 4.34. The topological polar surface area (TPSA) is 46.6 Å². The Hall–Kier alpha value is -2.62. The van der Waals surface area contributed by atoms with Gasteiger partial charge in [-0.25, -0.2) is 4.79 Å². The molecule has 4 heteroatoms. The summed E-state index contributed by atoms with van der Waals surface area (Å²) >= 11 is 0. The van der Waals surface area contributed by atoms with Gasteiger partial charge in [-0.15, -0.1) is 0 Å². The lowest BCUT2D eigenvalue weighted by atomic mass is 10.0. The van der Waals surface area contributed by atoms with Crippen molar-refractivity contribution in [3.63, 3.8) is 0 Å². The number of nitrogens with zero attached hydrogens (tertiary/aromatic N) is 1. The fourth-order valence-corrected chi connectivity index (χ4v) is 3.29. The number of ether oxygens (including phenoxy) is 1. The zero-order valence-electron chi connectivity index (χ0n) is 13.2. The average molecular weight is 308 g/mol. The first-order chi connectivity index (χ1) is 11.2. The number of fused-ring (bicyclic) bond motifs is 3. The van der Waals surface area contributed by atoms with E-state index in [4.69, 9.17) is 4.74 Å². The summed E-state index contributed by atoms with van der Waals surface area (Å²) in [5.74, 6) is 0. The van der Waals surface area contributed by atoms with Crippen LogP contribution in [0.15, 0.2) is 48.5 Å². The van der Waals surface area contributed by atoms with Crippen molar-refractivity contribution in [1.82, 2.24) is 4.90 Å². The van der Waals surface area contributed by atoms with Crippen molar-refractivity contribution < 1.29 is 14.3 Å². The van der Waals surface area contributed by atoms with E-state index in [1.165, 1.54) is 7.11 Å². The molecule has 0 saturated carbocycles. The van der Waals surface area contributed by atoms with Gasteiger partial charge in [0.2, 0.25) is 6.29 Å². The summed E-state index contributed by atoms with van der Waals surface area (Å²) in [7, 11) is 1.36. The molecular formula is C19H18NO3. The zero-order chi connectivity index (χ0) is 16.4. The number of benzene rings is 2. The third-order valence-electron chi connectivity index (χ3n) is 4.32. The Bertz CT molecular complexity index is 695. The smallest absolute Gasteiger partial charge is 0.410 e. The van der Waals surface area contributed by atoms with E-state index in [1.807, 2.05) is 49.6 Å². The molecule has 0 fully saturated rings. The molecule has 0 N–H and O–H groups in total. The van der Waals surface area contributed by atoms with Crippen molar-refractivity contribution in [2.75, 3.05) is 7.11 Å². The number of amides is 1. The van der Waals surface area contributed by atoms with Gasteiger partial charge in [0.05, 0.1) is 13.2 Å². The predicted octanol–water partition coefficient (Wildman–Crippen LogP) is 3.71. The largest absolute Gasteiger partial charge is 0.453 e. The Balaban J connectivity index is 2.16. The highest BCUT2D eigenvalue weighted by molar-refractivity contribution is 5.81. The number of carbonyl (C=O) groups excluding carboxylic acids is 2. The Labute approximate surface area is 135 Å². The van der Waals surface area contributed by atoms with Crippen molar-refractivity contribution in [3.8, 4) is 11.1 Å². The molecule has 1 atom stereocenters. The van der Waals surface area contributed by atoms with Gasteiger partial charge in [-0.2, -0.15) is 0 Å². The monoisotopic (exact) mass is 308 g/mol. The van der Waals surface area contributed by atoms with Gasteiger partial charge < -0.3 is 4.74 Å². The van der Waals surface area contributed by atoms with Crippen molar-refractivity contribution in [2.45, 2.75) is 25.4 Å². The van der Waals surface area contributed by atoms with E-state index in [2.05, 4.69) is 12.1 Å². The molecule has 1 aliphatic rings. The molecule has 23 heavy (non-hydrogen) atoms. The van der Waals surface area contributed by atoms with Gasteiger partial charge in [0, 0.05) is 12.5 Å². The van der Waals surface area contributed by atoms with Gasteiger partial charge in [0.1, 0.15) is 0 Å². The van der Waals surface area contributed by atoms with Crippen LogP contribution in [0.4, 0.5) is 4.79 Å². The molecule has 0 heterocycles. The van der Waals surface area contributed by atoms with Gasteiger partial charge in [-0.3, -0.25) is 9.69 Å². The van der Waals surface area contributed by atoms with Crippen molar-refractivity contribution >= 4 is 12.4 Å². The Morgan fingerprint density at radius 3 is 2.13 bits per heavy atom. The number of hydrogen-bond acceptors (Lipinski definition) is 3. The minimum absolute atomic E-state index is 0.149. The molecule has 0 unspecified atom stereocenters. The normalized spacial score (nSPS) is 13.8. The van der Waals surface area contributed by atoms with Gasteiger partial charge in [-0.05, 0) is 29.2 Å². The van der Waals surface area contributed by atoms with Crippen LogP contribution in [0.5, 0.6) is 0 Å². The van der Waals surface area contributed by atoms with E-state index in [1.54, 1.807) is 4.90 Å². The van der Waals surface area contributed by atoms with Gasteiger partial charge in [-0.1, -0.05) is 48.5 Å². The summed E-state index contributed by atoms with van der Waals surface area (Å²) < 4.78 is 4.98. The van der Waals surface area contributed by atoms with E-state index in [-0.39, 0.29) is 18.5 Å². The maximum Gasteiger partial charge on any atom is 0.410 e.